The molecule has 0 radical (unpaired) electrons. The summed E-state index contributed by atoms with van der Waals surface area (Å²) in [6.45, 7) is 0. The van der Waals surface area contributed by atoms with Crippen molar-refractivity contribution in [2.45, 2.75) is 0 Å². The molecule has 0 heterocycles. The molecule has 0 saturated carbocycles. The molecule has 1 N–H and O–H groups in total. The zero-order valence-electron chi connectivity index (χ0n) is 12.3. The van der Waals surface area contributed by atoms with Gasteiger partial charge in [-0.3, -0.25) is 0 Å². The zero-order valence-corrected chi connectivity index (χ0v) is 18.4. The molecule has 0 atom stereocenters. The fourth-order valence-electron chi connectivity index (χ4n) is 1.67. The Morgan fingerprint density at radius 3 is 0.957 bits per heavy atom. The number of hydrogen-bond acceptors (Lipinski definition) is 1. The molecule has 0 aliphatic carbocycles. The Balaban J connectivity index is 0. The first-order chi connectivity index (χ1) is 9.88. The first kappa shape index (κ1) is 24.9. The standard InChI is InChI=1S/C12H11OP.C6H6.2BrH.Ru/c13-14(11-7-3-1-4-8-11)12-9-5-2-6-10-12;1-2-4-6-5-3-1;;;/h1-10,13H;1-6H;2*1H;. The van der Waals surface area contributed by atoms with E-state index in [1.807, 2.05) is 97.1 Å². The summed E-state index contributed by atoms with van der Waals surface area (Å²) in [5, 5.41) is 1.99. The maximum absolute atomic E-state index is 10.1. The molecule has 0 saturated heterocycles. The molecule has 1 nitrogen and oxygen atoms in total. The van der Waals surface area contributed by atoms with Gasteiger partial charge >= 0.3 is 0 Å². The number of halogens is 2. The van der Waals surface area contributed by atoms with Crippen LogP contribution >= 0.6 is 42.1 Å². The normalized spacial score (nSPS) is 8.43. The first-order valence-corrected chi connectivity index (χ1v) is 7.76. The molecule has 3 aromatic carbocycles. The SMILES string of the molecule is Br.Br.OP(c1ccccc1)c1ccccc1.[Ru].c1ccccc1. The van der Waals surface area contributed by atoms with Crippen molar-refractivity contribution in [3.05, 3.63) is 97.1 Å². The number of hydrogen-bond donors (Lipinski definition) is 1. The van der Waals surface area contributed by atoms with Gasteiger partial charge in [0, 0.05) is 30.1 Å². The van der Waals surface area contributed by atoms with E-state index in [9.17, 15) is 4.89 Å². The van der Waals surface area contributed by atoms with Gasteiger partial charge in [0.05, 0.1) is 8.15 Å². The fourth-order valence-corrected chi connectivity index (χ4v) is 2.88. The third kappa shape index (κ3) is 9.50. The van der Waals surface area contributed by atoms with Gasteiger partial charge in [0.1, 0.15) is 0 Å². The van der Waals surface area contributed by atoms with E-state index < -0.39 is 8.15 Å². The third-order valence-corrected chi connectivity index (χ3v) is 4.24. The van der Waals surface area contributed by atoms with Crippen molar-refractivity contribution in [1.82, 2.24) is 0 Å². The minimum atomic E-state index is -1.17. The summed E-state index contributed by atoms with van der Waals surface area (Å²) in [4.78, 5) is 10.1. The average Bonchev–Trinajstić information content (AvgIpc) is 2.58. The Kier molecular flexibility index (Phi) is 16.4. The number of benzene rings is 3. The molecule has 23 heavy (non-hydrogen) atoms. The summed E-state index contributed by atoms with van der Waals surface area (Å²) in [7, 11) is -1.17. The quantitative estimate of drug-likeness (QED) is 0.362. The van der Waals surface area contributed by atoms with Gasteiger partial charge in [-0.1, -0.05) is 97.1 Å². The molecule has 0 bridgehead atoms. The fraction of sp³-hybridized carbons (Fsp3) is 0. The van der Waals surface area contributed by atoms with Crippen molar-refractivity contribution in [2.75, 3.05) is 0 Å². The van der Waals surface area contributed by atoms with Crippen LogP contribution in [0.4, 0.5) is 0 Å². The molecule has 0 spiro atoms. The smallest absolute Gasteiger partial charge is 0.0877 e. The monoisotopic (exact) mass is 542 g/mol. The van der Waals surface area contributed by atoms with Crippen LogP contribution in [0, 0.1) is 0 Å². The zero-order chi connectivity index (χ0) is 14.0. The van der Waals surface area contributed by atoms with Crippen LogP contribution in [0.15, 0.2) is 97.1 Å². The predicted molar refractivity (Wildman–Crippen MR) is 108 cm³/mol. The van der Waals surface area contributed by atoms with E-state index in [1.54, 1.807) is 0 Å². The Bertz CT molecular complexity index is 531. The van der Waals surface area contributed by atoms with E-state index in [-0.39, 0.29) is 53.4 Å². The molecule has 0 aromatic heterocycles. The van der Waals surface area contributed by atoms with Crippen LogP contribution in [0.2, 0.25) is 0 Å². The minimum absolute atomic E-state index is 0. The van der Waals surface area contributed by atoms with Gasteiger partial charge in [0.15, 0.2) is 0 Å². The molecule has 0 aliphatic heterocycles. The average molecular weight is 543 g/mol. The molecule has 5 heteroatoms. The second kappa shape index (κ2) is 15.2. The molecule has 124 valence electrons. The van der Waals surface area contributed by atoms with Crippen molar-refractivity contribution in [3.63, 3.8) is 0 Å². The van der Waals surface area contributed by atoms with Crippen molar-refractivity contribution in [3.8, 4) is 0 Å². The van der Waals surface area contributed by atoms with E-state index in [0.717, 1.165) is 10.6 Å². The van der Waals surface area contributed by atoms with Crippen LogP contribution in [0.5, 0.6) is 0 Å². The van der Waals surface area contributed by atoms with E-state index in [2.05, 4.69) is 0 Å². The third-order valence-electron chi connectivity index (χ3n) is 2.67. The van der Waals surface area contributed by atoms with Gasteiger partial charge in [0.25, 0.3) is 0 Å². The summed E-state index contributed by atoms with van der Waals surface area (Å²) >= 11 is 0. The van der Waals surface area contributed by atoms with Crippen molar-refractivity contribution in [2.24, 2.45) is 0 Å². The molecule has 0 amide bonds. The summed E-state index contributed by atoms with van der Waals surface area (Å²) in [6, 6.07) is 31.5. The molecule has 0 fully saturated rings. The molecular weight excluding hydrogens is 524 g/mol. The van der Waals surface area contributed by atoms with Crippen LogP contribution < -0.4 is 10.6 Å². The number of rotatable bonds is 2. The Morgan fingerprint density at radius 1 is 0.478 bits per heavy atom. The minimum Gasteiger partial charge on any atom is -0.364 e. The molecule has 3 aromatic rings. The van der Waals surface area contributed by atoms with Gasteiger partial charge in [-0.25, -0.2) is 0 Å². The van der Waals surface area contributed by atoms with Crippen LogP contribution in [-0.2, 0) is 19.5 Å². The second-order valence-corrected chi connectivity index (χ2v) is 5.79. The Hall–Kier alpha value is -0.367. The molecular formula is C18H19Br2OPRu. The molecule has 0 aliphatic rings. The first-order valence-electron chi connectivity index (χ1n) is 6.47. The van der Waals surface area contributed by atoms with Crippen molar-refractivity contribution < 1.29 is 24.4 Å². The van der Waals surface area contributed by atoms with Gasteiger partial charge in [-0.05, 0) is 0 Å². The second-order valence-electron chi connectivity index (χ2n) is 4.14. The summed E-state index contributed by atoms with van der Waals surface area (Å²) in [6.07, 6.45) is 0. The topological polar surface area (TPSA) is 20.2 Å². The van der Waals surface area contributed by atoms with Crippen molar-refractivity contribution in [1.29, 1.82) is 0 Å². The Morgan fingerprint density at radius 2 is 0.696 bits per heavy atom. The maximum atomic E-state index is 10.1. The van der Waals surface area contributed by atoms with Crippen LogP contribution in [-0.4, -0.2) is 4.89 Å². The maximum Gasteiger partial charge on any atom is 0.0877 e. The Labute approximate surface area is 173 Å². The summed E-state index contributed by atoms with van der Waals surface area (Å²) < 4.78 is 0. The van der Waals surface area contributed by atoms with Crippen LogP contribution in [0.3, 0.4) is 0 Å². The van der Waals surface area contributed by atoms with Gasteiger partial charge in [-0.2, -0.15) is 0 Å². The van der Waals surface area contributed by atoms with Crippen LogP contribution in [0.1, 0.15) is 0 Å². The van der Waals surface area contributed by atoms with Gasteiger partial charge in [-0.15, -0.1) is 34.0 Å². The van der Waals surface area contributed by atoms with Crippen molar-refractivity contribution >= 4 is 52.7 Å². The molecule has 0 unspecified atom stereocenters. The van der Waals surface area contributed by atoms with E-state index >= 15 is 0 Å². The van der Waals surface area contributed by atoms with E-state index in [1.165, 1.54) is 0 Å². The summed E-state index contributed by atoms with van der Waals surface area (Å²) in [5.74, 6) is 0. The van der Waals surface area contributed by atoms with Gasteiger partial charge < -0.3 is 4.89 Å². The van der Waals surface area contributed by atoms with Gasteiger partial charge in [0.2, 0.25) is 0 Å². The predicted octanol–water partition coefficient (Wildman–Crippen LogP) is 4.87. The largest absolute Gasteiger partial charge is 0.364 e. The molecule has 3 rings (SSSR count). The summed E-state index contributed by atoms with van der Waals surface area (Å²) in [5.41, 5.74) is 0. The van der Waals surface area contributed by atoms with E-state index in [4.69, 9.17) is 0 Å². The van der Waals surface area contributed by atoms with E-state index in [0.29, 0.717) is 0 Å². The van der Waals surface area contributed by atoms with Crippen LogP contribution in [0.25, 0.3) is 0 Å².